The normalized spacial score (nSPS) is 22.2. The predicted molar refractivity (Wildman–Crippen MR) is 135 cm³/mol. The number of hydrogen-bond acceptors (Lipinski definition) is 4. The van der Waals surface area contributed by atoms with E-state index in [1.54, 1.807) is 0 Å². The molecule has 1 fully saturated rings. The Kier molecular flexibility index (Phi) is 9.23. The molecule has 2 heterocycles. The first-order valence-electron chi connectivity index (χ1n) is 10.7. The van der Waals surface area contributed by atoms with E-state index in [-0.39, 0.29) is 36.3 Å². The summed E-state index contributed by atoms with van der Waals surface area (Å²) >= 11 is 0. The molecule has 9 heteroatoms. The number of guanidine groups is 1. The van der Waals surface area contributed by atoms with Crippen molar-refractivity contribution in [3.63, 3.8) is 0 Å². The van der Waals surface area contributed by atoms with Crippen molar-refractivity contribution in [3.05, 3.63) is 29.8 Å². The van der Waals surface area contributed by atoms with Crippen molar-refractivity contribution >= 4 is 45.6 Å². The highest BCUT2D eigenvalue weighted by molar-refractivity contribution is 14.0. The summed E-state index contributed by atoms with van der Waals surface area (Å²) in [6.45, 7) is 12.3. The molecule has 2 atom stereocenters. The van der Waals surface area contributed by atoms with Crippen molar-refractivity contribution in [2.75, 3.05) is 42.8 Å². The van der Waals surface area contributed by atoms with Crippen molar-refractivity contribution in [2.24, 2.45) is 10.9 Å². The van der Waals surface area contributed by atoms with Gasteiger partial charge in [-0.1, -0.05) is 25.1 Å². The number of fused-ring (bicyclic) bond motifs is 1. The number of halogens is 1. The average molecular weight is 550 g/mol. The Morgan fingerprint density at radius 2 is 2.00 bits per heavy atom. The molecule has 0 aliphatic carbocycles. The van der Waals surface area contributed by atoms with Crippen molar-refractivity contribution < 1.29 is 8.42 Å². The van der Waals surface area contributed by atoms with Gasteiger partial charge in [-0.2, -0.15) is 0 Å². The highest BCUT2D eigenvalue weighted by Crippen LogP contribution is 2.29. The number of nitrogens with zero attached hydrogens (tertiary/aromatic N) is 3. The molecule has 7 nitrogen and oxygen atoms in total. The van der Waals surface area contributed by atoms with E-state index in [1.807, 2.05) is 31.2 Å². The molecule has 30 heavy (non-hydrogen) atoms. The number of nitrogens with one attached hydrogen (secondary N) is 2. The van der Waals surface area contributed by atoms with Gasteiger partial charge in [0.05, 0.1) is 18.0 Å². The Morgan fingerprint density at radius 1 is 1.27 bits per heavy atom. The summed E-state index contributed by atoms with van der Waals surface area (Å²) in [4.78, 5) is 7.02. The third kappa shape index (κ3) is 6.00. The van der Waals surface area contributed by atoms with Gasteiger partial charge in [0.2, 0.25) is 10.0 Å². The molecule has 1 saturated heterocycles. The van der Waals surface area contributed by atoms with E-state index >= 15 is 0 Å². The lowest BCUT2D eigenvalue weighted by Crippen LogP contribution is -2.47. The molecule has 3 rings (SSSR count). The van der Waals surface area contributed by atoms with Gasteiger partial charge in [0.25, 0.3) is 0 Å². The third-order valence-electron chi connectivity index (χ3n) is 5.84. The van der Waals surface area contributed by atoms with Crippen molar-refractivity contribution in [3.8, 4) is 0 Å². The molecular formula is C21H36IN5O2S. The van der Waals surface area contributed by atoms with E-state index in [2.05, 4.69) is 41.3 Å². The van der Waals surface area contributed by atoms with Crippen LogP contribution in [0.15, 0.2) is 29.3 Å². The number of benzene rings is 1. The van der Waals surface area contributed by atoms with Crippen LogP contribution in [0.2, 0.25) is 0 Å². The Bertz CT molecular complexity index is 830. The Hall–Kier alpha value is -1.07. The van der Waals surface area contributed by atoms with Crippen LogP contribution in [-0.4, -0.2) is 69.8 Å². The van der Waals surface area contributed by atoms with Gasteiger partial charge in [-0.3, -0.25) is 14.2 Å². The molecule has 0 bridgehead atoms. The second kappa shape index (κ2) is 11.0. The smallest absolute Gasteiger partial charge is 0.237 e. The molecule has 1 aromatic carbocycles. The fourth-order valence-corrected chi connectivity index (χ4v) is 5.48. The van der Waals surface area contributed by atoms with E-state index in [0.717, 1.165) is 37.3 Å². The number of sulfonamides is 1. The number of hydrogen-bond donors (Lipinski definition) is 2. The van der Waals surface area contributed by atoms with Crippen LogP contribution in [-0.2, 0) is 16.4 Å². The lowest BCUT2D eigenvalue weighted by atomic mass is 10.1. The summed E-state index contributed by atoms with van der Waals surface area (Å²) in [5.41, 5.74) is 1.91. The second-order valence-corrected chi connectivity index (χ2v) is 10.3. The quantitative estimate of drug-likeness (QED) is 0.310. The molecule has 170 valence electrons. The molecule has 0 saturated carbocycles. The highest BCUT2D eigenvalue weighted by Gasteiger charge is 2.32. The van der Waals surface area contributed by atoms with Crippen LogP contribution in [0.5, 0.6) is 0 Å². The maximum atomic E-state index is 12.9. The number of rotatable bonds is 7. The van der Waals surface area contributed by atoms with Gasteiger partial charge in [0.1, 0.15) is 0 Å². The van der Waals surface area contributed by atoms with Crippen LogP contribution in [0.3, 0.4) is 0 Å². The molecule has 0 aromatic heterocycles. The Morgan fingerprint density at radius 3 is 2.67 bits per heavy atom. The van der Waals surface area contributed by atoms with Crippen molar-refractivity contribution in [2.45, 2.75) is 46.2 Å². The number of aliphatic imine (C=N–C) groups is 1. The zero-order valence-electron chi connectivity index (χ0n) is 18.5. The molecule has 0 spiro atoms. The monoisotopic (exact) mass is 549 g/mol. The van der Waals surface area contributed by atoms with Gasteiger partial charge in [0, 0.05) is 38.3 Å². The summed E-state index contributed by atoms with van der Waals surface area (Å²) in [5.74, 6) is 1.23. The minimum atomic E-state index is -3.38. The SMILES string of the molecule is CCNC(=NCCS(=O)(=O)N1CCc2ccccc21)NC1CN(C(C)C)CC1C.I. The first kappa shape index (κ1) is 25.2. The fraction of sp³-hybridized carbons (Fsp3) is 0.667. The minimum Gasteiger partial charge on any atom is -0.357 e. The lowest BCUT2D eigenvalue weighted by Gasteiger charge is -2.22. The summed E-state index contributed by atoms with van der Waals surface area (Å²) in [7, 11) is -3.38. The van der Waals surface area contributed by atoms with Crippen LogP contribution >= 0.6 is 24.0 Å². The molecule has 0 radical (unpaired) electrons. The molecule has 2 aliphatic heterocycles. The highest BCUT2D eigenvalue weighted by atomic mass is 127. The van der Waals surface area contributed by atoms with Gasteiger partial charge in [0.15, 0.2) is 5.96 Å². The van der Waals surface area contributed by atoms with Crippen LogP contribution in [0.4, 0.5) is 5.69 Å². The van der Waals surface area contributed by atoms with Crippen molar-refractivity contribution in [1.82, 2.24) is 15.5 Å². The van der Waals surface area contributed by atoms with Crippen LogP contribution < -0.4 is 14.9 Å². The summed E-state index contributed by atoms with van der Waals surface area (Å²) < 4.78 is 27.3. The van der Waals surface area contributed by atoms with Gasteiger partial charge in [-0.15, -0.1) is 24.0 Å². The molecule has 2 N–H and O–H groups in total. The zero-order valence-corrected chi connectivity index (χ0v) is 21.6. The molecular weight excluding hydrogens is 513 g/mol. The van der Waals surface area contributed by atoms with Gasteiger partial charge in [-0.05, 0) is 44.7 Å². The van der Waals surface area contributed by atoms with Crippen LogP contribution in [0.25, 0.3) is 0 Å². The van der Waals surface area contributed by atoms with Crippen LogP contribution in [0.1, 0.15) is 33.3 Å². The maximum absolute atomic E-state index is 12.9. The second-order valence-electron chi connectivity index (χ2n) is 8.30. The Balaban J connectivity index is 0.00000320. The van der Waals surface area contributed by atoms with E-state index in [0.29, 0.717) is 30.5 Å². The summed E-state index contributed by atoms with van der Waals surface area (Å²) in [5, 5.41) is 6.77. The minimum absolute atomic E-state index is 0. The first-order valence-corrected chi connectivity index (χ1v) is 12.3. The molecule has 2 aliphatic rings. The summed E-state index contributed by atoms with van der Waals surface area (Å²) in [6.07, 6.45) is 0.773. The maximum Gasteiger partial charge on any atom is 0.237 e. The van der Waals surface area contributed by atoms with Gasteiger partial charge >= 0.3 is 0 Å². The van der Waals surface area contributed by atoms with E-state index in [1.165, 1.54) is 4.31 Å². The Labute approximate surface area is 198 Å². The average Bonchev–Trinajstić information content (AvgIpc) is 3.26. The van der Waals surface area contributed by atoms with Gasteiger partial charge in [-0.25, -0.2) is 8.42 Å². The van der Waals surface area contributed by atoms with Crippen LogP contribution in [0, 0.1) is 5.92 Å². The molecule has 0 amide bonds. The zero-order chi connectivity index (χ0) is 21.0. The third-order valence-corrected chi connectivity index (χ3v) is 7.59. The largest absolute Gasteiger partial charge is 0.357 e. The molecule has 1 aromatic rings. The number of anilines is 1. The lowest BCUT2D eigenvalue weighted by molar-refractivity contribution is 0.265. The predicted octanol–water partition coefficient (Wildman–Crippen LogP) is 2.28. The first-order chi connectivity index (χ1) is 13.8. The fourth-order valence-electron chi connectivity index (χ4n) is 4.09. The number of likely N-dealkylation sites (tertiary alicyclic amines) is 1. The summed E-state index contributed by atoms with van der Waals surface area (Å²) in [6, 6.07) is 8.57. The number of para-hydroxylation sites is 1. The van der Waals surface area contributed by atoms with Gasteiger partial charge < -0.3 is 10.6 Å². The van der Waals surface area contributed by atoms with E-state index < -0.39 is 10.0 Å². The molecule has 2 unspecified atom stereocenters. The topological polar surface area (TPSA) is 77.0 Å². The van der Waals surface area contributed by atoms with E-state index in [9.17, 15) is 8.42 Å². The van der Waals surface area contributed by atoms with Crippen molar-refractivity contribution in [1.29, 1.82) is 0 Å². The van der Waals surface area contributed by atoms with E-state index in [4.69, 9.17) is 0 Å². The standard InChI is InChI=1S/C21H35N5O2S.HI/c1-5-22-21(24-19-15-25(16(2)3)14-17(19)4)23-11-13-29(27,28)26-12-10-18-8-6-7-9-20(18)26;/h6-9,16-17,19H,5,10-15H2,1-4H3,(H2,22,23,24);1H.